The summed E-state index contributed by atoms with van der Waals surface area (Å²) in [5, 5.41) is 33.1. The molecule has 0 bridgehead atoms. The molecule has 2 aromatic carbocycles. The summed E-state index contributed by atoms with van der Waals surface area (Å²) in [4.78, 5) is 18.7. The molecule has 7 rings (SSSR count). The number of rotatable bonds is 10. The highest BCUT2D eigenvalue weighted by Gasteiger charge is 2.47. The van der Waals surface area contributed by atoms with E-state index in [0.29, 0.717) is 41.7 Å². The first-order valence-electron chi connectivity index (χ1n) is 15.9. The largest absolute Gasteiger partial charge is 0.387 e. The molecule has 6 N–H and O–H groups in total. The predicted octanol–water partition coefficient (Wildman–Crippen LogP) is 3.69. The number of aliphatic hydroxyl groups excluding tert-OH is 2. The number of ether oxygens (including phenoxy) is 1. The van der Waals surface area contributed by atoms with Crippen molar-refractivity contribution in [2.45, 2.75) is 81.6 Å². The standard InChI is InChI=1S/C33H39N9O4/c1-2-24-38-31(46-41-24)28-26(43)27(44)32(45-28)42-18-36-25-29(39-33(40-30(25)42)37-22-15-13-21(34)14-16-22)35-17-23(19-9-5-3-6-10-19)20-11-7-4-8-12-20/h3-12,18,21-23,26-28,32,43-44H,2,13-17,34H2,1H3,(H2,35,37,39,40)/t21?,22?,26-,27+,28?,32+/m0/s1. The van der Waals surface area contributed by atoms with Gasteiger partial charge in [0.2, 0.25) is 5.95 Å². The van der Waals surface area contributed by atoms with Gasteiger partial charge in [0.15, 0.2) is 35.1 Å². The highest BCUT2D eigenvalue weighted by atomic mass is 16.6. The number of hydrogen-bond donors (Lipinski definition) is 5. The minimum absolute atomic E-state index is 0.0454. The summed E-state index contributed by atoms with van der Waals surface area (Å²) in [6, 6.07) is 21.1. The van der Waals surface area contributed by atoms with Crippen LogP contribution >= 0.6 is 0 Å². The second-order valence-corrected chi connectivity index (χ2v) is 12.1. The van der Waals surface area contributed by atoms with Crippen molar-refractivity contribution in [3.63, 3.8) is 0 Å². The predicted molar refractivity (Wildman–Crippen MR) is 171 cm³/mol. The fourth-order valence-corrected chi connectivity index (χ4v) is 6.35. The van der Waals surface area contributed by atoms with Crippen molar-refractivity contribution in [1.29, 1.82) is 0 Å². The van der Waals surface area contributed by atoms with Crippen molar-refractivity contribution in [1.82, 2.24) is 29.7 Å². The molecular weight excluding hydrogens is 586 g/mol. The molecule has 2 fully saturated rings. The Labute approximate surface area is 266 Å². The lowest BCUT2D eigenvalue weighted by molar-refractivity contribution is -0.0451. The van der Waals surface area contributed by atoms with E-state index in [0.717, 1.165) is 25.7 Å². The average molecular weight is 626 g/mol. The van der Waals surface area contributed by atoms with Gasteiger partial charge in [-0.3, -0.25) is 4.57 Å². The molecule has 13 nitrogen and oxygen atoms in total. The van der Waals surface area contributed by atoms with E-state index < -0.39 is 24.5 Å². The van der Waals surface area contributed by atoms with Crippen molar-refractivity contribution in [2.75, 3.05) is 17.2 Å². The fourth-order valence-electron chi connectivity index (χ4n) is 6.35. The maximum atomic E-state index is 11.1. The van der Waals surface area contributed by atoms with Crippen molar-refractivity contribution in [3.8, 4) is 0 Å². The Balaban J connectivity index is 1.23. The van der Waals surface area contributed by atoms with Gasteiger partial charge in [0.05, 0.1) is 6.33 Å². The first kappa shape index (κ1) is 30.2. The first-order chi connectivity index (χ1) is 22.5. The molecule has 1 aliphatic heterocycles. The molecule has 3 aromatic heterocycles. The second kappa shape index (κ2) is 13.1. The summed E-state index contributed by atoms with van der Waals surface area (Å²) in [5.74, 6) is 1.62. The number of aromatic nitrogens is 6. The molecule has 4 heterocycles. The summed E-state index contributed by atoms with van der Waals surface area (Å²) in [5.41, 5.74) is 9.46. The van der Waals surface area contributed by atoms with Gasteiger partial charge in [0.25, 0.3) is 5.89 Å². The molecule has 2 aliphatic rings. The van der Waals surface area contributed by atoms with Crippen LogP contribution in [0.5, 0.6) is 0 Å². The van der Waals surface area contributed by atoms with Crippen molar-refractivity contribution in [3.05, 3.63) is 89.8 Å². The zero-order valence-electron chi connectivity index (χ0n) is 25.6. The maximum Gasteiger partial charge on any atom is 0.258 e. The van der Waals surface area contributed by atoms with Gasteiger partial charge in [0.1, 0.15) is 12.2 Å². The lowest BCUT2D eigenvalue weighted by Gasteiger charge is -2.27. The van der Waals surface area contributed by atoms with Gasteiger partial charge in [-0.05, 0) is 36.8 Å². The molecule has 1 unspecified atom stereocenters. The lowest BCUT2D eigenvalue weighted by Crippen LogP contribution is -2.33. The van der Waals surface area contributed by atoms with Crippen LogP contribution in [0.15, 0.2) is 71.5 Å². The fraction of sp³-hybridized carbons (Fsp3) is 0.424. The quantitative estimate of drug-likeness (QED) is 0.152. The molecule has 0 amide bonds. The van der Waals surface area contributed by atoms with Crippen LogP contribution in [-0.4, -0.2) is 70.7 Å². The Hall–Kier alpha value is -4.43. The zero-order valence-corrected chi connectivity index (χ0v) is 25.6. The van der Waals surface area contributed by atoms with Gasteiger partial charge in [-0.15, -0.1) is 0 Å². The highest BCUT2D eigenvalue weighted by molar-refractivity contribution is 5.84. The van der Waals surface area contributed by atoms with Crippen LogP contribution in [0.3, 0.4) is 0 Å². The summed E-state index contributed by atoms with van der Waals surface area (Å²) >= 11 is 0. The number of benzene rings is 2. The van der Waals surface area contributed by atoms with Gasteiger partial charge in [-0.2, -0.15) is 15.0 Å². The van der Waals surface area contributed by atoms with E-state index in [4.69, 9.17) is 25.0 Å². The van der Waals surface area contributed by atoms with Gasteiger partial charge < -0.3 is 35.8 Å². The number of aliphatic hydroxyl groups is 2. The van der Waals surface area contributed by atoms with E-state index in [-0.39, 0.29) is 23.9 Å². The Morgan fingerprint density at radius 1 is 0.935 bits per heavy atom. The van der Waals surface area contributed by atoms with E-state index >= 15 is 0 Å². The number of hydrogen-bond acceptors (Lipinski definition) is 12. The van der Waals surface area contributed by atoms with E-state index in [1.807, 2.05) is 43.3 Å². The molecule has 240 valence electrons. The van der Waals surface area contributed by atoms with Gasteiger partial charge in [-0.1, -0.05) is 72.7 Å². The smallest absolute Gasteiger partial charge is 0.258 e. The molecular formula is C33H39N9O4. The van der Waals surface area contributed by atoms with Crippen molar-refractivity contribution >= 4 is 22.9 Å². The van der Waals surface area contributed by atoms with E-state index in [9.17, 15) is 10.2 Å². The van der Waals surface area contributed by atoms with Gasteiger partial charge in [0, 0.05) is 31.0 Å². The normalized spacial score (nSPS) is 24.9. The molecule has 0 spiro atoms. The average Bonchev–Trinajstić information content (AvgIpc) is 3.81. The zero-order chi connectivity index (χ0) is 31.6. The van der Waals surface area contributed by atoms with Gasteiger partial charge in [-0.25, -0.2) is 4.98 Å². The summed E-state index contributed by atoms with van der Waals surface area (Å²) in [6.07, 6.45) is 1.18. The summed E-state index contributed by atoms with van der Waals surface area (Å²) < 4.78 is 13.1. The third-order valence-electron chi connectivity index (χ3n) is 8.96. The minimum Gasteiger partial charge on any atom is -0.387 e. The molecule has 46 heavy (non-hydrogen) atoms. The molecule has 5 aromatic rings. The molecule has 1 aliphatic carbocycles. The summed E-state index contributed by atoms with van der Waals surface area (Å²) in [7, 11) is 0. The third-order valence-corrected chi connectivity index (χ3v) is 8.96. The van der Waals surface area contributed by atoms with Crippen LogP contribution in [0.4, 0.5) is 11.8 Å². The highest BCUT2D eigenvalue weighted by Crippen LogP contribution is 2.40. The summed E-state index contributed by atoms with van der Waals surface area (Å²) in [6.45, 7) is 2.45. The number of anilines is 2. The second-order valence-electron chi connectivity index (χ2n) is 12.1. The molecule has 1 saturated carbocycles. The lowest BCUT2D eigenvalue weighted by atomic mass is 9.91. The number of imidazole rings is 1. The van der Waals surface area contributed by atoms with E-state index in [1.54, 1.807) is 10.9 Å². The number of aryl methyl sites for hydroxylation is 1. The Morgan fingerprint density at radius 2 is 1.63 bits per heavy atom. The number of nitrogens with two attached hydrogens (primary N) is 1. The maximum absolute atomic E-state index is 11.1. The molecule has 4 atom stereocenters. The van der Waals surface area contributed by atoms with E-state index in [2.05, 4.69) is 50.0 Å². The van der Waals surface area contributed by atoms with Crippen LogP contribution in [0.25, 0.3) is 11.2 Å². The van der Waals surface area contributed by atoms with Crippen molar-refractivity contribution in [2.24, 2.45) is 5.73 Å². The topological polar surface area (TPSA) is 182 Å². The minimum atomic E-state index is -1.30. The van der Waals surface area contributed by atoms with Crippen LogP contribution in [0.2, 0.25) is 0 Å². The molecule has 1 saturated heterocycles. The number of fused-ring (bicyclic) bond motifs is 1. The van der Waals surface area contributed by atoms with E-state index in [1.165, 1.54) is 11.1 Å². The van der Waals surface area contributed by atoms with Crippen LogP contribution in [-0.2, 0) is 11.2 Å². The monoisotopic (exact) mass is 625 g/mol. The van der Waals surface area contributed by atoms with Crippen LogP contribution in [0, 0.1) is 0 Å². The first-order valence-corrected chi connectivity index (χ1v) is 15.9. The van der Waals surface area contributed by atoms with Gasteiger partial charge >= 0.3 is 0 Å². The molecule has 0 radical (unpaired) electrons. The Kier molecular flexibility index (Phi) is 8.63. The number of nitrogens with one attached hydrogen (secondary N) is 2. The SMILES string of the molecule is CCc1noc(C2O[C@@H](n3cnc4c(NCC(c5ccccc5)c5ccccc5)nc(NC5CCC(N)CC5)nc43)[C@H](O)[C@@H]2O)n1. The van der Waals surface area contributed by atoms with Crippen molar-refractivity contribution < 1.29 is 19.5 Å². The van der Waals surface area contributed by atoms with Crippen LogP contribution in [0.1, 0.15) is 73.7 Å². The number of nitrogens with zero attached hydrogens (tertiary/aromatic N) is 6. The molecule has 13 heteroatoms. The third kappa shape index (κ3) is 6.06. The Morgan fingerprint density at radius 3 is 2.28 bits per heavy atom. The Bertz CT molecular complexity index is 1700. The van der Waals surface area contributed by atoms with Crippen LogP contribution < -0.4 is 16.4 Å².